The number of hydrogen-bond acceptors (Lipinski definition) is 2. The Morgan fingerprint density at radius 1 is 0.938 bits per heavy atom. The average molecular weight is 411 g/mol. The lowest BCUT2D eigenvalue weighted by atomic mass is 10.2. The Hall–Kier alpha value is -0.330. The van der Waals surface area contributed by atoms with Crippen molar-refractivity contribution < 1.29 is 4.39 Å². The van der Waals surface area contributed by atoms with Crippen molar-refractivity contribution in [1.82, 2.24) is 9.97 Å². The maximum atomic E-state index is 13.3. The van der Waals surface area contributed by atoms with Crippen molar-refractivity contribution in [3.8, 4) is 11.4 Å². The Balaban J connectivity index is 2.54. The fourth-order valence-electron chi connectivity index (χ4n) is 1.15. The monoisotopic (exact) mass is 408 g/mol. The number of halogens is 4. The van der Waals surface area contributed by atoms with Gasteiger partial charge in [-0.2, -0.15) is 0 Å². The first-order valence-corrected chi connectivity index (χ1v) is 6.59. The van der Waals surface area contributed by atoms with Gasteiger partial charge in [-0.25, -0.2) is 14.4 Å². The highest BCUT2D eigenvalue weighted by Gasteiger charge is 2.07. The summed E-state index contributed by atoms with van der Waals surface area (Å²) in [6, 6.07) is 6.49. The minimum absolute atomic E-state index is 0.336. The Bertz CT molecular complexity index is 525. The van der Waals surface area contributed by atoms with Gasteiger partial charge in [0.2, 0.25) is 0 Å². The van der Waals surface area contributed by atoms with Crippen molar-refractivity contribution >= 4 is 47.8 Å². The van der Waals surface area contributed by atoms with Gasteiger partial charge in [-0.15, -0.1) is 0 Å². The first kappa shape index (κ1) is 12.1. The number of hydrogen-bond donors (Lipinski definition) is 0. The molecule has 0 saturated heterocycles. The van der Waals surface area contributed by atoms with Gasteiger partial charge >= 0.3 is 0 Å². The van der Waals surface area contributed by atoms with E-state index in [4.69, 9.17) is 0 Å². The minimum atomic E-state index is -0.336. The van der Waals surface area contributed by atoms with Crippen LogP contribution in [-0.4, -0.2) is 9.97 Å². The molecule has 0 saturated carbocycles. The largest absolute Gasteiger partial charge is 0.221 e. The molecule has 0 aliphatic heterocycles. The summed E-state index contributed by atoms with van der Waals surface area (Å²) in [5.74, 6) is 0.129. The highest BCUT2D eigenvalue weighted by molar-refractivity contribution is 9.11. The highest BCUT2D eigenvalue weighted by atomic mass is 79.9. The van der Waals surface area contributed by atoms with Crippen LogP contribution in [0.25, 0.3) is 11.4 Å². The molecule has 82 valence electrons. The molecule has 2 rings (SSSR count). The third kappa shape index (κ3) is 2.67. The van der Waals surface area contributed by atoms with Crippen molar-refractivity contribution in [2.75, 3.05) is 0 Å². The van der Waals surface area contributed by atoms with Crippen LogP contribution in [0.1, 0.15) is 0 Å². The Morgan fingerprint density at radius 2 is 1.56 bits per heavy atom. The zero-order valence-electron chi connectivity index (χ0n) is 7.72. The van der Waals surface area contributed by atoms with Gasteiger partial charge in [0.15, 0.2) is 5.82 Å². The molecule has 1 heterocycles. The molecule has 16 heavy (non-hydrogen) atoms. The first-order chi connectivity index (χ1) is 7.56. The van der Waals surface area contributed by atoms with Gasteiger partial charge in [-0.3, -0.25) is 0 Å². The van der Waals surface area contributed by atoms with Crippen LogP contribution in [0.4, 0.5) is 4.39 Å². The van der Waals surface area contributed by atoms with Gasteiger partial charge in [0.1, 0.15) is 15.0 Å². The first-order valence-electron chi connectivity index (χ1n) is 4.22. The van der Waals surface area contributed by atoms with Crippen molar-refractivity contribution in [3.05, 3.63) is 43.8 Å². The summed E-state index contributed by atoms with van der Waals surface area (Å²) in [6.45, 7) is 0. The maximum Gasteiger partial charge on any atom is 0.161 e. The van der Waals surface area contributed by atoms with Crippen LogP contribution >= 0.6 is 47.8 Å². The Kier molecular flexibility index (Phi) is 3.71. The molecule has 0 aliphatic carbocycles. The van der Waals surface area contributed by atoms with Crippen molar-refractivity contribution in [2.45, 2.75) is 0 Å². The standard InChI is InChI=1S/C10H4Br3FN2/c11-6-2-1-5(3-7(6)14)10-15-8(12)4-9(13)16-10/h1-4H. The minimum Gasteiger partial charge on any atom is -0.221 e. The van der Waals surface area contributed by atoms with Crippen molar-refractivity contribution in [1.29, 1.82) is 0 Å². The molecular formula is C10H4Br3FN2. The van der Waals surface area contributed by atoms with Crippen LogP contribution in [0, 0.1) is 5.82 Å². The van der Waals surface area contributed by atoms with E-state index in [1.54, 1.807) is 18.2 Å². The fourth-order valence-corrected chi connectivity index (χ4v) is 2.48. The van der Waals surface area contributed by atoms with E-state index in [1.165, 1.54) is 6.07 Å². The summed E-state index contributed by atoms with van der Waals surface area (Å²) in [4.78, 5) is 8.34. The number of rotatable bonds is 1. The zero-order chi connectivity index (χ0) is 11.7. The Morgan fingerprint density at radius 3 is 2.12 bits per heavy atom. The molecule has 1 aromatic carbocycles. The van der Waals surface area contributed by atoms with Gasteiger partial charge in [0.05, 0.1) is 4.47 Å². The van der Waals surface area contributed by atoms with E-state index in [1.807, 2.05) is 0 Å². The van der Waals surface area contributed by atoms with E-state index >= 15 is 0 Å². The summed E-state index contributed by atoms with van der Waals surface area (Å²) in [6.07, 6.45) is 0. The van der Waals surface area contributed by atoms with E-state index < -0.39 is 0 Å². The van der Waals surface area contributed by atoms with Crippen LogP contribution in [0.3, 0.4) is 0 Å². The van der Waals surface area contributed by atoms with E-state index in [2.05, 4.69) is 57.8 Å². The zero-order valence-corrected chi connectivity index (χ0v) is 12.5. The van der Waals surface area contributed by atoms with Gasteiger partial charge in [-0.1, -0.05) is 0 Å². The normalized spacial score (nSPS) is 10.5. The molecule has 0 unspecified atom stereocenters. The molecule has 0 N–H and O–H groups in total. The quantitative estimate of drug-likeness (QED) is 0.643. The molecule has 6 heteroatoms. The molecule has 0 aliphatic rings. The number of aromatic nitrogens is 2. The molecule has 0 fully saturated rings. The average Bonchev–Trinajstić information content (AvgIpc) is 2.20. The molecular weight excluding hydrogens is 407 g/mol. The second-order valence-electron chi connectivity index (χ2n) is 2.97. The lowest BCUT2D eigenvalue weighted by Crippen LogP contribution is -1.91. The Labute approximate surface area is 117 Å². The summed E-state index contributed by atoms with van der Waals surface area (Å²) >= 11 is 9.61. The second kappa shape index (κ2) is 4.89. The molecule has 0 amide bonds. The van der Waals surface area contributed by atoms with Gasteiger partial charge in [0.25, 0.3) is 0 Å². The third-order valence-corrected chi connectivity index (χ3v) is 3.30. The number of nitrogens with zero attached hydrogens (tertiary/aromatic N) is 2. The topological polar surface area (TPSA) is 25.8 Å². The van der Waals surface area contributed by atoms with Crippen LogP contribution < -0.4 is 0 Å². The third-order valence-electron chi connectivity index (χ3n) is 1.84. The number of benzene rings is 1. The van der Waals surface area contributed by atoms with E-state index in [0.29, 0.717) is 25.1 Å². The molecule has 0 bridgehead atoms. The van der Waals surface area contributed by atoms with Crippen molar-refractivity contribution in [3.63, 3.8) is 0 Å². The molecule has 0 atom stereocenters. The molecule has 0 radical (unpaired) electrons. The van der Waals surface area contributed by atoms with Gasteiger partial charge in [-0.05, 0) is 66.0 Å². The van der Waals surface area contributed by atoms with Crippen LogP contribution in [-0.2, 0) is 0 Å². The van der Waals surface area contributed by atoms with E-state index in [9.17, 15) is 4.39 Å². The summed E-state index contributed by atoms with van der Waals surface area (Å²) in [5.41, 5.74) is 0.628. The predicted octanol–water partition coefficient (Wildman–Crippen LogP) is 4.57. The van der Waals surface area contributed by atoms with Gasteiger partial charge in [0, 0.05) is 11.6 Å². The SMILES string of the molecule is Fc1cc(-c2nc(Br)cc(Br)n2)ccc1Br. The highest BCUT2D eigenvalue weighted by Crippen LogP contribution is 2.24. The summed E-state index contributed by atoms with van der Waals surface area (Å²) < 4.78 is 15.1. The van der Waals surface area contributed by atoms with E-state index in [0.717, 1.165) is 0 Å². The van der Waals surface area contributed by atoms with Crippen LogP contribution in [0.2, 0.25) is 0 Å². The van der Waals surface area contributed by atoms with Crippen molar-refractivity contribution in [2.24, 2.45) is 0 Å². The lowest BCUT2D eigenvalue weighted by molar-refractivity contribution is 0.621. The fraction of sp³-hybridized carbons (Fsp3) is 0. The molecule has 0 spiro atoms. The summed E-state index contributed by atoms with van der Waals surface area (Å²) in [7, 11) is 0. The second-order valence-corrected chi connectivity index (χ2v) is 5.45. The molecule has 2 nitrogen and oxygen atoms in total. The van der Waals surface area contributed by atoms with Crippen LogP contribution in [0.5, 0.6) is 0 Å². The van der Waals surface area contributed by atoms with Crippen LogP contribution in [0.15, 0.2) is 37.9 Å². The van der Waals surface area contributed by atoms with Gasteiger partial charge < -0.3 is 0 Å². The maximum absolute atomic E-state index is 13.3. The smallest absolute Gasteiger partial charge is 0.161 e. The summed E-state index contributed by atoms with van der Waals surface area (Å²) in [5, 5.41) is 0. The molecule has 1 aromatic heterocycles. The molecule has 2 aromatic rings. The lowest BCUT2D eigenvalue weighted by Gasteiger charge is -2.02. The predicted molar refractivity (Wildman–Crippen MR) is 70.5 cm³/mol. The van der Waals surface area contributed by atoms with E-state index in [-0.39, 0.29) is 5.82 Å².